The first-order valence-corrected chi connectivity index (χ1v) is 3.44. The zero-order chi connectivity index (χ0) is 7.56. The van der Waals surface area contributed by atoms with Crippen LogP contribution in [0.3, 0.4) is 0 Å². The average Bonchev–Trinajstić information content (AvgIpc) is 2.34. The van der Waals surface area contributed by atoms with Crippen LogP contribution in [0.2, 0.25) is 0 Å². The Hall–Kier alpha value is -0.830. The van der Waals surface area contributed by atoms with Gasteiger partial charge in [-0.05, 0) is 13.3 Å². The minimum Gasteiger partial charge on any atom is -0.387 e. The second-order valence-corrected chi connectivity index (χ2v) is 2.33. The van der Waals surface area contributed by atoms with Crippen molar-refractivity contribution in [1.29, 1.82) is 0 Å². The summed E-state index contributed by atoms with van der Waals surface area (Å²) in [5.74, 6) is 0.850. The fourth-order valence-electron chi connectivity index (χ4n) is 0.816. The first kappa shape index (κ1) is 7.28. The van der Waals surface area contributed by atoms with Crippen LogP contribution < -0.4 is 0 Å². The van der Waals surface area contributed by atoms with Crippen molar-refractivity contribution < 1.29 is 5.11 Å². The molecule has 0 aromatic carbocycles. The Morgan fingerprint density at radius 1 is 1.80 bits per heavy atom. The molecule has 1 atom stereocenters. The van der Waals surface area contributed by atoms with E-state index in [-0.39, 0.29) is 0 Å². The molecule has 1 unspecified atom stereocenters. The van der Waals surface area contributed by atoms with Crippen LogP contribution in [-0.2, 0) is 0 Å². The number of aliphatic hydroxyl groups excluding tert-OH is 1. The summed E-state index contributed by atoms with van der Waals surface area (Å²) in [6.45, 7) is 3.79. The van der Waals surface area contributed by atoms with Crippen LogP contribution in [0, 0.1) is 6.92 Å². The van der Waals surface area contributed by atoms with E-state index in [1.54, 1.807) is 6.20 Å². The predicted octanol–water partition coefficient (Wildman–Crippen LogP) is 1.16. The lowest BCUT2D eigenvalue weighted by Gasteiger charge is -2.00. The maximum atomic E-state index is 9.26. The van der Waals surface area contributed by atoms with Crippen LogP contribution in [0.5, 0.6) is 0 Å². The second-order valence-electron chi connectivity index (χ2n) is 2.33. The van der Waals surface area contributed by atoms with Gasteiger partial charge in [0, 0.05) is 6.20 Å². The molecule has 0 fully saturated rings. The fraction of sp³-hybridized carbons (Fsp3) is 0.571. The highest BCUT2D eigenvalue weighted by Crippen LogP contribution is 2.12. The molecule has 1 heterocycles. The highest BCUT2D eigenvalue weighted by molar-refractivity contribution is 5.02. The number of H-pyrrole nitrogens is 1. The number of aryl methyl sites for hydroxylation is 1. The number of hydrogen-bond acceptors (Lipinski definition) is 2. The number of aromatic nitrogens is 2. The predicted molar refractivity (Wildman–Crippen MR) is 38.6 cm³/mol. The van der Waals surface area contributed by atoms with E-state index in [0.717, 1.165) is 11.5 Å². The average molecular weight is 140 g/mol. The monoisotopic (exact) mass is 140 g/mol. The van der Waals surface area contributed by atoms with Gasteiger partial charge in [0.25, 0.3) is 0 Å². The van der Waals surface area contributed by atoms with Crippen molar-refractivity contribution >= 4 is 0 Å². The molecule has 1 rings (SSSR count). The van der Waals surface area contributed by atoms with Crippen LogP contribution >= 0.6 is 0 Å². The van der Waals surface area contributed by atoms with Crippen LogP contribution in [-0.4, -0.2) is 15.1 Å². The van der Waals surface area contributed by atoms with Crippen LogP contribution in [0.15, 0.2) is 6.20 Å². The van der Waals surface area contributed by atoms with E-state index in [1.165, 1.54) is 0 Å². The molecule has 10 heavy (non-hydrogen) atoms. The molecule has 56 valence electrons. The van der Waals surface area contributed by atoms with Gasteiger partial charge in [-0.2, -0.15) is 0 Å². The van der Waals surface area contributed by atoms with Gasteiger partial charge in [0.15, 0.2) is 0 Å². The van der Waals surface area contributed by atoms with E-state index in [2.05, 4.69) is 9.97 Å². The van der Waals surface area contributed by atoms with Crippen molar-refractivity contribution in [3.05, 3.63) is 17.7 Å². The van der Waals surface area contributed by atoms with Gasteiger partial charge in [-0.3, -0.25) is 0 Å². The minimum atomic E-state index is -0.412. The van der Waals surface area contributed by atoms with Gasteiger partial charge in [-0.15, -0.1) is 0 Å². The lowest BCUT2D eigenvalue weighted by Crippen LogP contribution is -1.94. The zero-order valence-corrected chi connectivity index (χ0v) is 6.26. The summed E-state index contributed by atoms with van der Waals surface area (Å²) < 4.78 is 0. The summed E-state index contributed by atoms with van der Waals surface area (Å²) in [4.78, 5) is 6.99. The Morgan fingerprint density at radius 2 is 2.50 bits per heavy atom. The van der Waals surface area contributed by atoms with E-state index in [1.807, 2.05) is 13.8 Å². The molecular formula is C7H12N2O. The van der Waals surface area contributed by atoms with Gasteiger partial charge in [-0.25, -0.2) is 4.98 Å². The summed E-state index contributed by atoms with van der Waals surface area (Å²) >= 11 is 0. The summed E-state index contributed by atoms with van der Waals surface area (Å²) in [5, 5.41) is 9.26. The number of imidazole rings is 1. The molecule has 0 spiro atoms. The molecule has 2 N–H and O–H groups in total. The molecule has 1 aromatic rings. The summed E-state index contributed by atoms with van der Waals surface area (Å²) in [5.41, 5.74) is 0.736. The Balaban J connectivity index is 2.74. The van der Waals surface area contributed by atoms with Crippen LogP contribution in [0.25, 0.3) is 0 Å². The van der Waals surface area contributed by atoms with Gasteiger partial charge in [0.2, 0.25) is 0 Å². The number of nitrogens with zero attached hydrogens (tertiary/aromatic N) is 1. The maximum Gasteiger partial charge on any atom is 0.103 e. The molecule has 0 aliphatic rings. The van der Waals surface area contributed by atoms with E-state index in [0.29, 0.717) is 6.42 Å². The number of hydrogen-bond donors (Lipinski definition) is 2. The fourth-order valence-corrected chi connectivity index (χ4v) is 0.816. The third kappa shape index (κ3) is 1.36. The highest BCUT2D eigenvalue weighted by Gasteiger charge is 2.06. The molecule has 3 heteroatoms. The topological polar surface area (TPSA) is 48.9 Å². The standard InChI is InChI=1S/C7H12N2O/c1-3-7(10)6-4-8-5(2)9-6/h4,7,10H,3H2,1-2H3,(H,8,9). The van der Waals surface area contributed by atoms with E-state index in [9.17, 15) is 5.11 Å². The normalized spacial score (nSPS) is 13.5. The molecule has 0 aliphatic heterocycles. The smallest absolute Gasteiger partial charge is 0.103 e. The van der Waals surface area contributed by atoms with Gasteiger partial charge in [0.05, 0.1) is 11.8 Å². The summed E-state index contributed by atoms with van der Waals surface area (Å²) in [7, 11) is 0. The largest absolute Gasteiger partial charge is 0.387 e. The molecule has 0 saturated carbocycles. The summed E-state index contributed by atoms with van der Waals surface area (Å²) in [6, 6.07) is 0. The third-order valence-electron chi connectivity index (χ3n) is 1.45. The number of aromatic amines is 1. The lowest BCUT2D eigenvalue weighted by molar-refractivity contribution is 0.169. The quantitative estimate of drug-likeness (QED) is 0.647. The molecule has 3 nitrogen and oxygen atoms in total. The first-order valence-electron chi connectivity index (χ1n) is 3.44. The lowest BCUT2D eigenvalue weighted by atomic mass is 10.2. The first-order chi connectivity index (χ1) is 4.74. The molecule has 1 aromatic heterocycles. The van der Waals surface area contributed by atoms with Crippen LogP contribution in [0.4, 0.5) is 0 Å². The molecular weight excluding hydrogens is 128 g/mol. The Kier molecular flexibility index (Phi) is 2.06. The summed E-state index contributed by atoms with van der Waals surface area (Å²) in [6.07, 6.45) is 2.04. The van der Waals surface area contributed by atoms with E-state index >= 15 is 0 Å². The molecule has 0 amide bonds. The number of aliphatic hydroxyl groups is 1. The number of nitrogens with one attached hydrogen (secondary N) is 1. The number of rotatable bonds is 2. The van der Waals surface area contributed by atoms with Gasteiger partial charge < -0.3 is 10.1 Å². The molecule has 0 bridgehead atoms. The highest BCUT2D eigenvalue weighted by atomic mass is 16.3. The van der Waals surface area contributed by atoms with Crippen molar-refractivity contribution in [2.24, 2.45) is 0 Å². The van der Waals surface area contributed by atoms with Crippen molar-refractivity contribution in [2.75, 3.05) is 0 Å². The third-order valence-corrected chi connectivity index (χ3v) is 1.45. The van der Waals surface area contributed by atoms with E-state index < -0.39 is 6.10 Å². The molecule has 0 radical (unpaired) electrons. The maximum absolute atomic E-state index is 9.26. The van der Waals surface area contributed by atoms with E-state index in [4.69, 9.17) is 0 Å². The van der Waals surface area contributed by atoms with Gasteiger partial charge in [-0.1, -0.05) is 6.92 Å². The van der Waals surface area contributed by atoms with Crippen molar-refractivity contribution in [3.63, 3.8) is 0 Å². The Labute approximate surface area is 60.1 Å². The molecule has 0 saturated heterocycles. The zero-order valence-electron chi connectivity index (χ0n) is 6.26. The minimum absolute atomic E-state index is 0.412. The van der Waals surface area contributed by atoms with Gasteiger partial charge >= 0.3 is 0 Å². The van der Waals surface area contributed by atoms with Crippen molar-refractivity contribution in [2.45, 2.75) is 26.4 Å². The SMILES string of the molecule is CCC(O)c1c[nH]c(C)n1. The van der Waals surface area contributed by atoms with Crippen LogP contribution in [0.1, 0.15) is 31.0 Å². The van der Waals surface area contributed by atoms with Crippen molar-refractivity contribution in [3.8, 4) is 0 Å². The second kappa shape index (κ2) is 2.84. The Morgan fingerprint density at radius 3 is 2.90 bits per heavy atom. The molecule has 0 aliphatic carbocycles. The Bertz CT molecular complexity index is 207. The van der Waals surface area contributed by atoms with Gasteiger partial charge in [0.1, 0.15) is 5.82 Å². The van der Waals surface area contributed by atoms with Crippen molar-refractivity contribution in [1.82, 2.24) is 9.97 Å².